The van der Waals surface area contributed by atoms with Crippen LogP contribution in [0.2, 0.25) is 0 Å². The van der Waals surface area contributed by atoms with Crippen molar-refractivity contribution in [3.63, 3.8) is 0 Å². The van der Waals surface area contributed by atoms with Gasteiger partial charge in [-0.2, -0.15) is 0 Å². The Kier molecular flexibility index (Phi) is 3.07. The first-order valence-corrected chi connectivity index (χ1v) is 6.63. The topological polar surface area (TPSA) is 49.8 Å². The molecule has 1 aromatic carbocycles. The van der Waals surface area contributed by atoms with Crippen LogP contribution in [-0.4, -0.2) is 16.0 Å². The Morgan fingerprint density at radius 2 is 1.84 bits per heavy atom. The lowest BCUT2D eigenvalue weighted by Crippen LogP contribution is -2.04. The van der Waals surface area contributed by atoms with Crippen molar-refractivity contribution in [1.29, 1.82) is 0 Å². The first kappa shape index (κ1) is 12.0. The Morgan fingerprint density at radius 3 is 2.58 bits per heavy atom. The molecular formula is C15H18N4. The number of nitrogens with one attached hydrogen (secondary N) is 2. The van der Waals surface area contributed by atoms with E-state index in [9.17, 15) is 0 Å². The fourth-order valence-electron chi connectivity index (χ4n) is 2.03. The lowest BCUT2D eigenvalue weighted by molar-refractivity contribution is 1.08. The molecule has 1 aliphatic rings. The molecule has 0 radical (unpaired) electrons. The Labute approximate surface area is 113 Å². The first-order valence-electron chi connectivity index (χ1n) is 6.63. The summed E-state index contributed by atoms with van der Waals surface area (Å²) < 4.78 is 0. The van der Waals surface area contributed by atoms with Crippen molar-refractivity contribution in [3.8, 4) is 0 Å². The quantitative estimate of drug-likeness (QED) is 0.877. The van der Waals surface area contributed by atoms with E-state index in [1.165, 1.54) is 24.0 Å². The summed E-state index contributed by atoms with van der Waals surface area (Å²) in [5, 5.41) is 6.72. The summed E-state index contributed by atoms with van der Waals surface area (Å²) in [6.45, 7) is 4.19. The van der Waals surface area contributed by atoms with Gasteiger partial charge in [0.05, 0.1) is 0 Å². The van der Waals surface area contributed by atoms with Gasteiger partial charge in [0.25, 0.3) is 0 Å². The predicted octanol–water partition coefficient (Wildman–Crippen LogP) is 3.41. The van der Waals surface area contributed by atoms with E-state index in [-0.39, 0.29) is 0 Å². The smallest absolute Gasteiger partial charge is 0.135 e. The molecule has 0 saturated heterocycles. The van der Waals surface area contributed by atoms with Crippen LogP contribution in [0.25, 0.3) is 0 Å². The summed E-state index contributed by atoms with van der Waals surface area (Å²) in [5.74, 6) is 1.72. The van der Waals surface area contributed by atoms with E-state index >= 15 is 0 Å². The molecule has 1 heterocycles. The average Bonchev–Trinajstić information content (AvgIpc) is 3.17. The molecule has 4 heteroatoms. The van der Waals surface area contributed by atoms with Gasteiger partial charge in [0, 0.05) is 17.8 Å². The molecule has 0 spiro atoms. The van der Waals surface area contributed by atoms with Crippen molar-refractivity contribution in [2.24, 2.45) is 0 Å². The SMILES string of the molecule is Cc1ccc(Nc2cc(NC3CC3)ncn2)c(C)c1. The van der Waals surface area contributed by atoms with Gasteiger partial charge in [-0.25, -0.2) is 9.97 Å². The van der Waals surface area contributed by atoms with Crippen molar-refractivity contribution in [3.05, 3.63) is 41.7 Å². The van der Waals surface area contributed by atoms with E-state index in [1.807, 2.05) is 6.07 Å². The van der Waals surface area contributed by atoms with Gasteiger partial charge >= 0.3 is 0 Å². The van der Waals surface area contributed by atoms with Gasteiger partial charge in [-0.3, -0.25) is 0 Å². The average molecular weight is 254 g/mol. The van der Waals surface area contributed by atoms with Gasteiger partial charge in [0.15, 0.2) is 0 Å². The standard InChI is InChI=1S/C15H18N4/c1-10-3-6-13(11(2)7-10)19-15-8-14(16-9-17-15)18-12-4-5-12/h3,6-9,12H,4-5H2,1-2H3,(H2,16,17,18,19). The minimum atomic E-state index is 0.601. The van der Waals surface area contributed by atoms with Crippen LogP contribution < -0.4 is 10.6 Å². The van der Waals surface area contributed by atoms with Crippen LogP contribution >= 0.6 is 0 Å². The molecule has 2 N–H and O–H groups in total. The van der Waals surface area contributed by atoms with Crippen molar-refractivity contribution in [1.82, 2.24) is 9.97 Å². The number of hydrogen-bond acceptors (Lipinski definition) is 4. The number of anilines is 3. The van der Waals surface area contributed by atoms with Gasteiger partial charge in [-0.1, -0.05) is 17.7 Å². The number of benzene rings is 1. The summed E-state index contributed by atoms with van der Waals surface area (Å²) in [7, 11) is 0. The summed E-state index contributed by atoms with van der Waals surface area (Å²) in [5.41, 5.74) is 3.57. The maximum Gasteiger partial charge on any atom is 0.135 e. The Morgan fingerprint density at radius 1 is 1.05 bits per heavy atom. The van der Waals surface area contributed by atoms with Crippen molar-refractivity contribution in [2.75, 3.05) is 10.6 Å². The molecule has 0 bridgehead atoms. The molecule has 0 amide bonds. The molecule has 98 valence electrons. The molecule has 19 heavy (non-hydrogen) atoms. The van der Waals surface area contributed by atoms with Crippen LogP contribution in [0, 0.1) is 13.8 Å². The normalized spacial score (nSPS) is 14.2. The molecular weight excluding hydrogens is 236 g/mol. The molecule has 1 saturated carbocycles. The van der Waals surface area contributed by atoms with E-state index < -0.39 is 0 Å². The molecule has 0 aliphatic heterocycles. The van der Waals surface area contributed by atoms with E-state index in [2.05, 4.69) is 52.6 Å². The highest BCUT2D eigenvalue weighted by Crippen LogP contribution is 2.25. The zero-order chi connectivity index (χ0) is 13.2. The van der Waals surface area contributed by atoms with E-state index in [0.29, 0.717) is 6.04 Å². The molecule has 1 fully saturated rings. The molecule has 0 atom stereocenters. The third-order valence-corrected chi connectivity index (χ3v) is 3.24. The summed E-state index contributed by atoms with van der Waals surface area (Å²) in [6.07, 6.45) is 4.07. The van der Waals surface area contributed by atoms with Gasteiger partial charge in [-0.05, 0) is 38.3 Å². The summed E-state index contributed by atoms with van der Waals surface area (Å²) in [6, 6.07) is 8.90. The van der Waals surface area contributed by atoms with Crippen LogP contribution in [0.3, 0.4) is 0 Å². The second-order valence-corrected chi connectivity index (χ2v) is 5.15. The van der Waals surface area contributed by atoms with Crippen molar-refractivity contribution >= 4 is 17.3 Å². The number of hydrogen-bond donors (Lipinski definition) is 2. The summed E-state index contributed by atoms with van der Waals surface area (Å²) >= 11 is 0. The highest BCUT2D eigenvalue weighted by Gasteiger charge is 2.21. The molecule has 3 rings (SSSR count). The summed E-state index contributed by atoms with van der Waals surface area (Å²) in [4.78, 5) is 8.50. The van der Waals surface area contributed by atoms with Gasteiger partial charge < -0.3 is 10.6 Å². The fourth-order valence-corrected chi connectivity index (χ4v) is 2.03. The second-order valence-electron chi connectivity index (χ2n) is 5.15. The molecule has 0 unspecified atom stereocenters. The highest BCUT2D eigenvalue weighted by atomic mass is 15.1. The number of aromatic nitrogens is 2. The van der Waals surface area contributed by atoms with E-state index in [0.717, 1.165) is 17.3 Å². The largest absolute Gasteiger partial charge is 0.367 e. The predicted molar refractivity (Wildman–Crippen MR) is 77.9 cm³/mol. The first-order chi connectivity index (χ1) is 9.20. The van der Waals surface area contributed by atoms with Crippen molar-refractivity contribution < 1.29 is 0 Å². The van der Waals surface area contributed by atoms with Crippen LogP contribution in [-0.2, 0) is 0 Å². The Hall–Kier alpha value is -2.10. The molecule has 4 nitrogen and oxygen atoms in total. The monoisotopic (exact) mass is 254 g/mol. The minimum Gasteiger partial charge on any atom is -0.367 e. The Bertz CT molecular complexity index is 590. The number of aryl methyl sites for hydroxylation is 2. The van der Waals surface area contributed by atoms with Crippen LogP contribution in [0.4, 0.5) is 17.3 Å². The molecule has 2 aromatic rings. The van der Waals surface area contributed by atoms with Gasteiger partial charge in [-0.15, -0.1) is 0 Å². The number of rotatable bonds is 4. The van der Waals surface area contributed by atoms with Crippen molar-refractivity contribution in [2.45, 2.75) is 32.7 Å². The molecule has 1 aliphatic carbocycles. The highest BCUT2D eigenvalue weighted by molar-refractivity contribution is 5.62. The lowest BCUT2D eigenvalue weighted by Gasteiger charge is -2.10. The van der Waals surface area contributed by atoms with Gasteiger partial charge in [0.1, 0.15) is 18.0 Å². The van der Waals surface area contributed by atoms with E-state index in [1.54, 1.807) is 6.33 Å². The number of nitrogens with zero attached hydrogens (tertiary/aromatic N) is 2. The fraction of sp³-hybridized carbons (Fsp3) is 0.333. The molecule has 1 aromatic heterocycles. The maximum atomic E-state index is 4.26. The van der Waals surface area contributed by atoms with Crippen LogP contribution in [0.15, 0.2) is 30.6 Å². The van der Waals surface area contributed by atoms with Gasteiger partial charge in [0.2, 0.25) is 0 Å². The third-order valence-electron chi connectivity index (χ3n) is 3.24. The maximum absolute atomic E-state index is 4.26. The minimum absolute atomic E-state index is 0.601. The zero-order valence-electron chi connectivity index (χ0n) is 11.3. The Balaban J connectivity index is 1.78. The third kappa shape index (κ3) is 3.02. The van der Waals surface area contributed by atoms with Crippen LogP contribution in [0.1, 0.15) is 24.0 Å². The van der Waals surface area contributed by atoms with E-state index in [4.69, 9.17) is 0 Å². The van der Waals surface area contributed by atoms with Crippen LogP contribution in [0.5, 0.6) is 0 Å². The lowest BCUT2D eigenvalue weighted by atomic mass is 10.1. The second kappa shape index (κ2) is 4.88. The zero-order valence-corrected chi connectivity index (χ0v) is 11.3.